The van der Waals surface area contributed by atoms with E-state index in [1.54, 1.807) is 6.20 Å². The number of nitrogens with zero attached hydrogens (tertiary/aromatic N) is 3. The van der Waals surface area contributed by atoms with Crippen molar-refractivity contribution >= 4 is 5.91 Å². The summed E-state index contributed by atoms with van der Waals surface area (Å²) in [6.07, 6.45) is 6.09. The van der Waals surface area contributed by atoms with Gasteiger partial charge in [0.2, 0.25) is 0 Å². The summed E-state index contributed by atoms with van der Waals surface area (Å²) in [5, 5.41) is 14.6. The topological polar surface area (TPSA) is 71.8 Å². The Morgan fingerprint density at radius 1 is 1.25 bits per heavy atom. The maximum Gasteiger partial charge on any atom is 0.273 e. The SMILES string of the molecule is O=C(NCC1(c2ccccc2)CC1)c1cn(C2CCNCC2)nn1. The first-order chi connectivity index (χ1) is 11.8. The average Bonchev–Trinajstić information content (AvgIpc) is 3.28. The van der Waals surface area contributed by atoms with Gasteiger partial charge in [0.25, 0.3) is 5.91 Å². The van der Waals surface area contributed by atoms with Gasteiger partial charge in [-0.25, -0.2) is 4.68 Å². The molecule has 0 spiro atoms. The van der Waals surface area contributed by atoms with Crippen molar-refractivity contribution in [2.24, 2.45) is 0 Å². The fraction of sp³-hybridized carbons (Fsp3) is 0.500. The second-order valence-electron chi connectivity index (χ2n) is 6.89. The lowest BCUT2D eigenvalue weighted by atomic mass is 9.96. The van der Waals surface area contributed by atoms with Crippen LogP contribution in [0.2, 0.25) is 0 Å². The summed E-state index contributed by atoms with van der Waals surface area (Å²) in [5.41, 5.74) is 1.84. The van der Waals surface area contributed by atoms with Crippen molar-refractivity contribution in [2.75, 3.05) is 19.6 Å². The van der Waals surface area contributed by atoms with E-state index in [0.717, 1.165) is 38.8 Å². The normalized spacial score (nSPS) is 19.8. The molecule has 2 fully saturated rings. The lowest BCUT2D eigenvalue weighted by molar-refractivity contribution is 0.0944. The van der Waals surface area contributed by atoms with E-state index in [4.69, 9.17) is 0 Å². The predicted molar refractivity (Wildman–Crippen MR) is 90.8 cm³/mol. The molecule has 1 amide bonds. The number of carbonyl (C=O) groups is 1. The Morgan fingerprint density at radius 2 is 2.00 bits per heavy atom. The molecule has 1 aromatic heterocycles. The van der Waals surface area contributed by atoms with Crippen LogP contribution in [0, 0.1) is 0 Å². The summed E-state index contributed by atoms with van der Waals surface area (Å²) < 4.78 is 1.85. The van der Waals surface area contributed by atoms with E-state index < -0.39 is 0 Å². The number of carbonyl (C=O) groups excluding carboxylic acids is 1. The summed E-state index contributed by atoms with van der Waals surface area (Å²) in [6, 6.07) is 10.8. The highest BCUT2D eigenvalue weighted by atomic mass is 16.2. The quantitative estimate of drug-likeness (QED) is 0.877. The second kappa shape index (κ2) is 6.36. The molecule has 1 saturated heterocycles. The van der Waals surface area contributed by atoms with Crippen LogP contribution in [-0.2, 0) is 5.41 Å². The van der Waals surface area contributed by atoms with Gasteiger partial charge >= 0.3 is 0 Å². The zero-order valence-corrected chi connectivity index (χ0v) is 13.7. The Kier molecular flexibility index (Phi) is 4.06. The lowest BCUT2D eigenvalue weighted by Gasteiger charge is -2.22. The first-order valence-corrected chi connectivity index (χ1v) is 8.73. The van der Waals surface area contributed by atoms with Crippen molar-refractivity contribution in [3.63, 3.8) is 0 Å². The van der Waals surface area contributed by atoms with E-state index in [2.05, 4.69) is 45.2 Å². The standard InChI is InChI=1S/C18H23N5O/c24-17(16-12-23(22-21-16)15-6-10-19-11-7-15)20-13-18(8-9-18)14-4-2-1-3-5-14/h1-5,12,15,19H,6-11,13H2,(H,20,24). The van der Waals surface area contributed by atoms with Crippen molar-refractivity contribution in [1.29, 1.82) is 0 Å². The molecule has 1 aromatic carbocycles. The Bertz CT molecular complexity index is 701. The van der Waals surface area contributed by atoms with E-state index >= 15 is 0 Å². The molecule has 0 bridgehead atoms. The van der Waals surface area contributed by atoms with Gasteiger partial charge in [-0.3, -0.25) is 4.79 Å². The molecule has 2 N–H and O–H groups in total. The number of benzene rings is 1. The molecule has 0 unspecified atom stereocenters. The molecule has 2 heterocycles. The molecule has 1 aliphatic carbocycles. The number of aromatic nitrogens is 3. The first-order valence-electron chi connectivity index (χ1n) is 8.73. The summed E-state index contributed by atoms with van der Waals surface area (Å²) in [6.45, 7) is 2.65. The second-order valence-corrected chi connectivity index (χ2v) is 6.89. The third-order valence-electron chi connectivity index (χ3n) is 5.25. The maximum atomic E-state index is 12.4. The van der Waals surface area contributed by atoms with Gasteiger partial charge in [0.1, 0.15) is 0 Å². The van der Waals surface area contributed by atoms with Gasteiger partial charge in [0.15, 0.2) is 5.69 Å². The van der Waals surface area contributed by atoms with Crippen LogP contribution in [0.25, 0.3) is 0 Å². The first kappa shape index (κ1) is 15.3. The van der Waals surface area contributed by atoms with Crippen molar-refractivity contribution in [3.05, 3.63) is 47.8 Å². The number of hydrogen-bond donors (Lipinski definition) is 2. The van der Waals surface area contributed by atoms with Crippen molar-refractivity contribution in [3.8, 4) is 0 Å². The van der Waals surface area contributed by atoms with Gasteiger partial charge in [-0.2, -0.15) is 0 Å². The fourth-order valence-corrected chi connectivity index (χ4v) is 3.48. The Morgan fingerprint density at radius 3 is 2.71 bits per heavy atom. The van der Waals surface area contributed by atoms with Crippen LogP contribution in [-0.4, -0.2) is 40.5 Å². The molecule has 2 aliphatic rings. The van der Waals surface area contributed by atoms with Crippen LogP contribution in [0.15, 0.2) is 36.5 Å². The van der Waals surface area contributed by atoms with Gasteiger partial charge in [-0.05, 0) is 44.3 Å². The van der Waals surface area contributed by atoms with E-state index in [-0.39, 0.29) is 11.3 Å². The zero-order valence-electron chi connectivity index (χ0n) is 13.7. The highest BCUT2D eigenvalue weighted by Crippen LogP contribution is 2.47. The number of rotatable bonds is 5. The average molecular weight is 325 g/mol. The van der Waals surface area contributed by atoms with Crippen LogP contribution in [0.4, 0.5) is 0 Å². The van der Waals surface area contributed by atoms with E-state index in [9.17, 15) is 4.79 Å². The van der Waals surface area contributed by atoms with E-state index in [1.807, 2.05) is 10.7 Å². The Balaban J connectivity index is 1.38. The number of piperidine rings is 1. The van der Waals surface area contributed by atoms with Crippen LogP contribution >= 0.6 is 0 Å². The summed E-state index contributed by atoms with van der Waals surface area (Å²) in [4.78, 5) is 12.4. The molecule has 24 heavy (non-hydrogen) atoms. The van der Waals surface area contributed by atoms with Crippen LogP contribution in [0.3, 0.4) is 0 Å². The zero-order chi connectivity index (χ0) is 16.4. The minimum Gasteiger partial charge on any atom is -0.350 e. The highest BCUT2D eigenvalue weighted by Gasteiger charge is 2.44. The molecule has 6 nitrogen and oxygen atoms in total. The molecule has 2 aromatic rings. The molecule has 1 saturated carbocycles. The fourth-order valence-electron chi connectivity index (χ4n) is 3.48. The molecular weight excluding hydrogens is 302 g/mol. The summed E-state index contributed by atoms with van der Waals surface area (Å²) in [5.74, 6) is -0.127. The van der Waals surface area contributed by atoms with Crippen molar-refractivity contribution in [1.82, 2.24) is 25.6 Å². The molecule has 1 aliphatic heterocycles. The largest absolute Gasteiger partial charge is 0.350 e. The minimum absolute atomic E-state index is 0.113. The van der Waals surface area contributed by atoms with Gasteiger partial charge in [-0.1, -0.05) is 35.5 Å². The van der Waals surface area contributed by atoms with E-state index in [0.29, 0.717) is 18.3 Å². The number of amides is 1. The Labute approximate surface area is 141 Å². The van der Waals surface area contributed by atoms with Crippen molar-refractivity contribution < 1.29 is 4.79 Å². The van der Waals surface area contributed by atoms with E-state index in [1.165, 1.54) is 5.56 Å². The summed E-state index contributed by atoms with van der Waals surface area (Å²) >= 11 is 0. The highest BCUT2D eigenvalue weighted by molar-refractivity contribution is 5.91. The van der Waals surface area contributed by atoms with Crippen LogP contribution in [0.1, 0.15) is 47.8 Å². The Hall–Kier alpha value is -2.21. The number of hydrogen-bond acceptors (Lipinski definition) is 4. The number of nitrogens with one attached hydrogen (secondary N) is 2. The third-order valence-corrected chi connectivity index (χ3v) is 5.25. The predicted octanol–water partition coefficient (Wildman–Crippen LogP) is 1.66. The monoisotopic (exact) mass is 325 g/mol. The van der Waals surface area contributed by atoms with Crippen LogP contribution < -0.4 is 10.6 Å². The lowest BCUT2D eigenvalue weighted by Crippen LogP contribution is -2.32. The molecule has 6 heteroatoms. The van der Waals surface area contributed by atoms with Gasteiger partial charge < -0.3 is 10.6 Å². The van der Waals surface area contributed by atoms with Gasteiger partial charge in [0, 0.05) is 12.0 Å². The molecule has 126 valence electrons. The van der Waals surface area contributed by atoms with Gasteiger partial charge in [-0.15, -0.1) is 5.10 Å². The molecule has 0 radical (unpaired) electrons. The van der Waals surface area contributed by atoms with Gasteiger partial charge in [0.05, 0.1) is 12.2 Å². The minimum atomic E-state index is -0.127. The van der Waals surface area contributed by atoms with Crippen molar-refractivity contribution in [2.45, 2.75) is 37.1 Å². The van der Waals surface area contributed by atoms with Crippen LogP contribution in [0.5, 0.6) is 0 Å². The molecule has 0 atom stereocenters. The molecule has 4 rings (SSSR count). The maximum absolute atomic E-state index is 12.4. The third kappa shape index (κ3) is 3.06. The summed E-state index contributed by atoms with van der Waals surface area (Å²) in [7, 11) is 0. The smallest absolute Gasteiger partial charge is 0.273 e. The molecular formula is C18H23N5O.